The first-order chi connectivity index (χ1) is 7.65. The second-order valence-electron chi connectivity index (χ2n) is 5.20. The molecule has 0 radical (unpaired) electrons. The Kier molecular flexibility index (Phi) is 3.28. The van der Waals surface area contributed by atoms with Crippen LogP contribution >= 0.6 is 0 Å². The number of pyridine rings is 1. The van der Waals surface area contributed by atoms with E-state index >= 15 is 0 Å². The van der Waals surface area contributed by atoms with E-state index in [9.17, 15) is 0 Å². The molecule has 2 heteroatoms. The lowest BCUT2D eigenvalue weighted by atomic mass is 9.95. The molecule has 1 N–H and O–H groups in total. The van der Waals surface area contributed by atoms with Crippen molar-refractivity contribution < 1.29 is 0 Å². The molecule has 0 aliphatic carbocycles. The number of nitrogens with zero attached hydrogens (tertiary/aromatic N) is 1. The van der Waals surface area contributed by atoms with Crippen molar-refractivity contribution in [2.45, 2.75) is 33.6 Å². The van der Waals surface area contributed by atoms with Gasteiger partial charge >= 0.3 is 0 Å². The van der Waals surface area contributed by atoms with Crippen LogP contribution in [-0.2, 0) is 6.42 Å². The lowest BCUT2D eigenvalue weighted by Crippen LogP contribution is -2.03. The highest BCUT2D eigenvalue weighted by atomic mass is 14.7. The van der Waals surface area contributed by atoms with E-state index in [1.54, 1.807) is 0 Å². The monoisotopic (exact) mass is 216 g/mol. The number of hydrogen-bond acceptors (Lipinski definition) is 1. The molecule has 0 fully saturated rings. The Morgan fingerprint density at radius 3 is 2.81 bits per heavy atom. The van der Waals surface area contributed by atoms with Crippen molar-refractivity contribution in [2.75, 3.05) is 0 Å². The molecule has 1 atom stereocenters. The highest BCUT2D eigenvalue weighted by Gasteiger charge is 2.08. The summed E-state index contributed by atoms with van der Waals surface area (Å²) in [6.45, 7) is 6.89. The van der Waals surface area contributed by atoms with Crippen molar-refractivity contribution in [3.8, 4) is 0 Å². The van der Waals surface area contributed by atoms with Gasteiger partial charge in [-0.1, -0.05) is 20.8 Å². The van der Waals surface area contributed by atoms with Crippen LogP contribution in [0.4, 0.5) is 0 Å². The van der Waals surface area contributed by atoms with Gasteiger partial charge in [-0.2, -0.15) is 0 Å². The number of hydrogen-bond donors (Lipinski definition) is 1. The van der Waals surface area contributed by atoms with Gasteiger partial charge in [-0.15, -0.1) is 0 Å². The molecule has 0 amide bonds. The van der Waals surface area contributed by atoms with E-state index in [1.807, 2.05) is 12.4 Å². The van der Waals surface area contributed by atoms with Gasteiger partial charge in [0.25, 0.3) is 0 Å². The van der Waals surface area contributed by atoms with Crippen LogP contribution in [0.2, 0.25) is 0 Å². The quantitative estimate of drug-likeness (QED) is 0.827. The Balaban J connectivity index is 2.09. The standard InChI is InChI=1S/C14H20N2/c1-10(2)6-11(3)7-13-8-12-4-5-15-9-14(12)16-13/h4-5,8-11,16H,6-7H2,1-3H3. The van der Waals surface area contributed by atoms with E-state index in [2.05, 4.69) is 42.9 Å². The smallest absolute Gasteiger partial charge is 0.0642 e. The van der Waals surface area contributed by atoms with Crippen molar-refractivity contribution in [3.05, 3.63) is 30.2 Å². The molecule has 2 aromatic rings. The van der Waals surface area contributed by atoms with E-state index < -0.39 is 0 Å². The number of aromatic nitrogens is 2. The largest absolute Gasteiger partial charge is 0.357 e. The van der Waals surface area contributed by atoms with Crippen molar-refractivity contribution in [1.29, 1.82) is 0 Å². The second-order valence-corrected chi connectivity index (χ2v) is 5.20. The second kappa shape index (κ2) is 4.69. The molecule has 0 aliphatic rings. The SMILES string of the molecule is CC(C)CC(C)Cc1cc2ccncc2[nH]1. The summed E-state index contributed by atoms with van der Waals surface area (Å²) in [7, 11) is 0. The lowest BCUT2D eigenvalue weighted by molar-refractivity contribution is 0.435. The maximum Gasteiger partial charge on any atom is 0.0642 e. The number of nitrogens with one attached hydrogen (secondary N) is 1. The number of H-pyrrole nitrogens is 1. The minimum Gasteiger partial charge on any atom is -0.357 e. The average Bonchev–Trinajstić information content (AvgIpc) is 2.57. The van der Waals surface area contributed by atoms with Crippen LogP contribution in [0.3, 0.4) is 0 Å². The normalized spacial score (nSPS) is 13.5. The van der Waals surface area contributed by atoms with E-state index in [0.29, 0.717) is 0 Å². The topological polar surface area (TPSA) is 28.7 Å². The van der Waals surface area contributed by atoms with E-state index in [-0.39, 0.29) is 0 Å². The predicted molar refractivity (Wildman–Crippen MR) is 68.4 cm³/mol. The minimum atomic E-state index is 0.737. The fourth-order valence-electron chi connectivity index (χ4n) is 2.41. The fourth-order valence-corrected chi connectivity index (χ4v) is 2.41. The maximum atomic E-state index is 4.12. The van der Waals surface area contributed by atoms with E-state index in [1.165, 1.54) is 17.5 Å². The molecule has 0 spiro atoms. The zero-order valence-electron chi connectivity index (χ0n) is 10.3. The summed E-state index contributed by atoms with van der Waals surface area (Å²) in [5.74, 6) is 1.52. The van der Waals surface area contributed by atoms with Gasteiger partial charge < -0.3 is 4.98 Å². The van der Waals surface area contributed by atoms with Gasteiger partial charge in [-0.3, -0.25) is 4.98 Å². The van der Waals surface area contributed by atoms with Crippen LogP contribution in [0.15, 0.2) is 24.5 Å². The lowest BCUT2D eigenvalue weighted by Gasteiger charge is -2.12. The van der Waals surface area contributed by atoms with Crippen LogP contribution in [0.25, 0.3) is 10.9 Å². The molecule has 2 heterocycles. The van der Waals surface area contributed by atoms with Gasteiger partial charge in [-0.25, -0.2) is 0 Å². The highest BCUT2D eigenvalue weighted by Crippen LogP contribution is 2.19. The third-order valence-corrected chi connectivity index (χ3v) is 2.92. The summed E-state index contributed by atoms with van der Waals surface area (Å²) in [4.78, 5) is 7.56. The van der Waals surface area contributed by atoms with Crippen molar-refractivity contribution in [1.82, 2.24) is 9.97 Å². The molecular formula is C14H20N2. The molecular weight excluding hydrogens is 196 g/mol. The van der Waals surface area contributed by atoms with Gasteiger partial charge in [0.15, 0.2) is 0 Å². The van der Waals surface area contributed by atoms with Gasteiger partial charge in [-0.05, 0) is 36.8 Å². The van der Waals surface area contributed by atoms with E-state index in [4.69, 9.17) is 0 Å². The summed E-state index contributed by atoms with van der Waals surface area (Å²) >= 11 is 0. The summed E-state index contributed by atoms with van der Waals surface area (Å²) in [6.07, 6.45) is 6.16. The van der Waals surface area contributed by atoms with E-state index in [0.717, 1.165) is 23.8 Å². The first-order valence-corrected chi connectivity index (χ1v) is 6.06. The first-order valence-electron chi connectivity index (χ1n) is 6.06. The van der Waals surface area contributed by atoms with Crippen LogP contribution in [0.1, 0.15) is 32.9 Å². The zero-order valence-corrected chi connectivity index (χ0v) is 10.3. The first kappa shape index (κ1) is 11.2. The van der Waals surface area contributed by atoms with Gasteiger partial charge in [0.2, 0.25) is 0 Å². The van der Waals surface area contributed by atoms with Crippen molar-refractivity contribution in [3.63, 3.8) is 0 Å². The molecule has 2 aromatic heterocycles. The zero-order chi connectivity index (χ0) is 11.5. The van der Waals surface area contributed by atoms with Gasteiger partial charge in [0.1, 0.15) is 0 Å². The molecule has 2 rings (SSSR count). The van der Waals surface area contributed by atoms with Gasteiger partial charge in [0.05, 0.1) is 11.7 Å². The fraction of sp³-hybridized carbons (Fsp3) is 0.500. The number of aromatic amines is 1. The van der Waals surface area contributed by atoms with Crippen LogP contribution < -0.4 is 0 Å². The Bertz CT molecular complexity index is 423. The molecule has 86 valence electrons. The predicted octanol–water partition coefficient (Wildman–Crippen LogP) is 3.79. The third-order valence-electron chi connectivity index (χ3n) is 2.92. The van der Waals surface area contributed by atoms with Crippen molar-refractivity contribution in [2.24, 2.45) is 11.8 Å². The molecule has 0 saturated heterocycles. The average molecular weight is 216 g/mol. The van der Waals surface area contributed by atoms with Crippen molar-refractivity contribution >= 4 is 10.9 Å². The summed E-state index contributed by atoms with van der Waals surface area (Å²) in [5, 5.41) is 1.27. The Morgan fingerprint density at radius 2 is 2.12 bits per heavy atom. The molecule has 16 heavy (non-hydrogen) atoms. The van der Waals surface area contributed by atoms with Crippen LogP contribution in [0.5, 0.6) is 0 Å². The molecule has 0 bridgehead atoms. The third kappa shape index (κ3) is 2.63. The molecule has 0 aliphatic heterocycles. The highest BCUT2D eigenvalue weighted by molar-refractivity contribution is 5.79. The summed E-state index contributed by atoms with van der Waals surface area (Å²) in [6, 6.07) is 4.30. The summed E-state index contributed by atoms with van der Waals surface area (Å²) in [5.41, 5.74) is 2.48. The molecule has 0 saturated carbocycles. The number of rotatable bonds is 4. The summed E-state index contributed by atoms with van der Waals surface area (Å²) < 4.78 is 0. The Morgan fingerprint density at radius 1 is 1.31 bits per heavy atom. The molecule has 2 nitrogen and oxygen atoms in total. The van der Waals surface area contributed by atoms with Crippen LogP contribution in [0, 0.1) is 11.8 Å². The van der Waals surface area contributed by atoms with Crippen LogP contribution in [-0.4, -0.2) is 9.97 Å². The maximum absolute atomic E-state index is 4.12. The Hall–Kier alpha value is -1.31. The molecule has 0 aromatic carbocycles. The minimum absolute atomic E-state index is 0.737. The molecule has 1 unspecified atom stereocenters. The van der Waals surface area contributed by atoms with Gasteiger partial charge in [0, 0.05) is 17.3 Å². The number of fused-ring (bicyclic) bond motifs is 1. The Labute approximate surface area is 97.1 Å².